The van der Waals surface area contributed by atoms with Crippen LogP contribution in [-0.4, -0.2) is 11.1 Å². The number of fused-ring (bicyclic) bond motifs is 1. The second-order valence-electron chi connectivity index (χ2n) is 5.93. The van der Waals surface area contributed by atoms with Crippen molar-refractivity contribution >= 4 is 10.9 Å². The lowest BCUT2D eigenvalue weighted by Crippen LogP contribution is -2.13. The summed E-state index contributed by atoms with van der Waals surface area (Å²) in [4.78, 5) is 0. The van der Waals surface area contributed by atoms with E-state index >= 15 is 0 Å². The Morgan fingerprint density at radius 1 is 1.30 bits per heavy atom. The van der Waals surface area contributed by atoms with Gasteiger partial charge in [-0.3, -0.25) is 0 Å². The molecule has 2 rings (SSSR count). The van der Waals surface area contributed by atoms with Crippen LogP contribution in [0.5, 0.6) is 0 Å². The van der Waals surface area contributed by atoms with E-state index in [9.17, 15) is 0 Å². The molecule has 0 radical (unpaired) electrons. The van der Waals surface area contributed by atoms with Gasteiger partial charge in [0.1, 0.15) is 0 Å². The lowest BCUT2D eigenvalue weighted by Gasteiger charge is -2.16. The molecule has 0 saturated heterocycles. The van der Waals surface area contributed by atoms with Crippen molar-refractivity contribution < 1.29 is 0 Å². The minimum absolute atomic E-state index is 0.266. The summed E-state index contributed by atoms with van der Waals surface area (Å²) >= 11 is 0. The number of nitrogens with one attached hydrogen (secondary N) is 1. The summed E-state index contributed by atoms with van der Waals surface area (Å²) in [5, 5.41) is 13.7. The van der Waals surface area contributed by atoms with Crippen LogP contribution >= 0.6 is 0 Å². The summed E-state index contributed by atoms with van der Waals surface area (Å²) in [5.74, 6) is 0. The Morgan fingerprint density at radius 2 is 2.10 bits per heavy atom. The highest BCUT2D eigenvalue weighted by molar-refractivity contribution is 5.80. The average molecular weight is 269 g/mol. The van der Waals surface area contributed by atoms with E-state index in [0.717, 1.165) is 26.1 Å². The Balaban J connectivity index is 2.19. The largest absolute Gasteiger partial charge is 0.347 e. The van der Waals surface area contributed by atoms with Crippen molar-refractivity contribution in [2.24, 2.45) is 5.41 Å². The maximum atomic E-state index is 9.11. The lowest BCUT2D eigenvalue weighted by molar-refractivity contribution is 0.417. The molecule has 1 aromatic carbocycles. The Labute approximate surface area is 121 Å². The minimum atomic E-state index is -0.266. The standard InChI is InChI=1S/C17H23N3/c1-4-19-12-14-5-6-15-7-9-20(16(15)11-14)10-8-17(2,3)13-18/h5-7,9,11,19H,4,8,10,12H2,1-3H3. The van der Waals surface area contributed by atoms with Crippen LogP contribution in [-0.2, 0) is 13.1 Å². The van der Waals surface area contributed by atoms with E-state index in [1.807, 2.05) is 13.8 Å². The average Bonchev–Trinajstić information content (AvgIpc) is 2.85. The molecule has 1 heterocycles. The molecule has 1 N–H and O–H groups in total. The molecule has 0 amide bonds. The van der Waals surface area contributed by atoms with Gasteiger partial charge in [0.25, 0.3) is 0 Å². The SMILES string of the molecule is CCNCc1ccc2ccn(CCC(C)(C)C#N)c2c1. The van der Waals surface area contributed by atoms with Crippen LogP contribution in [0, 0.1) is 16.7 Å². The molecular weight excluding hydrogens is 246 g/mol. The van der Waals surface area contributed by atoms with Crippen molar-refractivity contribution in [1.29, 1.82) is 5.26 Å². The topological polar surface area (TPSA) is 40.8 Å². The monoisotopic (exact) mass is 269 g/mol. The first kappa shape index (κ1) is 14.6. The molecule has 0 saturated carbocycles. The third kappa shape index (κ3) is 3.40. The lowest BCUT2D eigenvalue weighted by atomic mass is 9.91. The zero-order chi connectivity index (χ0) is 14.6. The Hall–Kier alpha value is -1.79. The Kier molecular flexibility index (Phi) is 4.46. The molecule has 20 heavy (non-hydrogen) atoms. The number of benzene rings is 1. The van der Waals surface area contributed by atoms with E-state index in [4.69, 9.17) is 5.26 Å². The van der Waals surface area contributed by atoms with Crippen molar-refractivity contribution in [2.45, 2.75) is 40.3 Å². The third-order valence-corrected chi connectivity index (χ3v) is 3.70. The Morgan fingerprint density at radius 3 is 2.80 bits per heavy atom. The van der Waals surface area contributed by atoms with Gasteiger partial charge < -0.3 is 9.88 Å². The van der Waals surface area contributed by atoms with Crippen LogP contribution in [0.25, 0.3) is 10.9 Å². The molecule has 106 valence electrons. The van der Waals surface area contributed by atoms with Gasteiger partial charge in [0.05, 0.1) is 11.5 Å². The fourth-order valence-electron chi connectivity index (χ4n) is 2.26. The van der Waals surface area contributed by atoms with Crippen molar-refractivity contribution in [3.05, 3.63) is 36.0 Å². The van der Waals surface area contributed by atoms with Crippen molar-refractivity contribution in [2.75, 3.05) is 6.54 Å². The molecule has 0 bridgehead atoms. The highest BCUT2D eigenvalue weighted by atomic mass is 15.0. The molecule has 1 aromatic heterocycles. The summed E-state index contributed by atoms with van der Waals surface area (Å²) in [6, 6.07) is 11.1. The maximum absolute atomic E-state index is 9.11. The van der Waals surface area contributed by atoms with Crippen LogP contribution in [0.3, 0.4) is 0 Å². The number of aryl methyl sites for hydroxylation is 1. The van der Waals surface area contributed by atoms with E-state index in [2.05, 4.69) is 53.3 Å². The number of nitriles is 1. The number of rotatable bonds is 6. The van der Waals surface area contributed by atoms with Crippen LogP contribution < -0.4 is 5.32 Å². The first-order valence-corrected chi connectivity index (χ1v) is 7.25. The van der Waals surface area contributed by atoms with Gasteiger partial charge in [-0.1, -0.05) is 19.1 Å². The molecule has 0 aliphatic carbocycles. The van der Waals surface area contributed by atoms with Crippen LogP contribution in [0.15, 0.2) is 30.5 Å². The summed E-state index contributed by atoms with van der Waals surface area (Å²) < 4.78 is 2.25. The van der Waals surface area contributed by atoms with Gasteiger partial charge in [0, 0.05) is 24.8 Å². The molecule has 3 nitrogen and oxygen atoms in total. The second-order valence-corrected chi connectivity index (χ2v) is 5.93. The molecule has 0 fully saturated rings. The third-order valence-electron chi connectivity index (χ3n) is 3.70. The van der Waals surface area contributed by atoms with Crippen molar-refractivity contribution in [3.8, 4) is 6.07 Å². The predicted molar refractivity (Wildman–Crippen MR) is 83.3 cm³/mol. The summed E-state index contributed by atoms with van der Waals surface area (Å²) in [7, 11) is 0. The Bertz CT molecular complexity index is 617. The number of aromatic nitrogens is 1. The fourth-order valence-corrected chi connectivity index (χ4v) is 2.26. The van der Waals surface area contributed by atoms with Gasteiger partial charge >= 0.3 is 0 Å². The van der Waals surface area contributed by atoms with Gasteiger partial charge in [-0.2, -0.15) is 5.26 Å². The van der Waals surface area contributed by atoms with E-state index in [1.54, 1.807) is 0 Å². The molecular formula is C17H23N3. The maximum Gasteiger partial charge on any atom is 0.0684 e. The van der Waals surface area contributed by atoms with Gasteiger partial charge in [0.2, 0.25) is 0 Å². The van der Waals surface area contributed by atoms with Gasteiger partial charge in [-0.25, -0.2) is 0 Å². The highest BCUT2D eigenvalue weighted by Crippen LogP contribution is 2.23. The number of nitrogens with zero attached hydrogens (tertiary/aromatic N) is 2. The molecule has 2 aromatic rings. The molecule has 0 aliphatic heterocycles. The first-order valence-electron chi connectivity index (χ1n) is 7.25. The van der Waals surface area contributed by atoms with Crippen molar-refractivity contribution in [3.63, 3.8) is 0 Å². The summed E-state index contributed by atoms with van der Waals surface area (Å²) in [5.41, 5.74) is 2.30. The normalized spacial score (nSPS) is 11.7. The smallest absolute Gasteiger partial charge is 0.0684 e. The number of hydrogen-bond acceptors (Lipinski definition) is 2. The van der Waals surface area contributed by atoms with E-state index in [1.165, 1.54) is 16.5 Å². The molecule has 3 heteroatoms. The second kappa shape index (κ2) is 6.11. The molecule has 0 unspecified atom stereocenters. The quantitative estimate of drug-likeness (QED) is 0.869. The van der Waals surface area contributed by atoms with Crippen LogP contribution in [0.1, 0.15) is 32.8 Å². The van der Waals surface area contributed by atoms with Gasteiger partial charge in [0.15, 0.2) is 0 Å². The summed E-state index contributed by atoms with van der Waals surface area (Å²) in [6.07, 6.45) is 2.99. The zero-order valence-electron chi connectivity index (χ0n) is 12.6. The van der Waals surface area contributed by atoms with Crippen molar-refractivity contribution in [1.82, 2.24) is 9.88 Å². The van der Waals surface area contributed by atoms with Gasteiger partial charge in [-0.15, -0.1) is 0 Å². The van der Waals surface area contributed by atoms with Crippen LogP contribution in [0.4, 0.5) is 0 Å². The van der Waals surface area contributed by atoms with Crippen LogP contribution in [0.2, 0.25) is 0 Å². The number of hydrogen-bond donors (Lipinski definition) is 1. The van der Waals surface area contributed by atoms with E-state index in [0.29, 0.717) is 0 Å². The zero-order valence-corrected chi connectivity index (χ0v) is 12.6. The molecule has 0 aliphatic rings. The van der Waals surface area contributed by atoms with Gasteiger partial charge in [-0.05, 0) is 49.9 Å². The highest BCUT2D eigenvalue weighted by Gasteiger charge is 2.16. The van der Waals surface area contributed by atoms with E-state index in [-0.39, 0.29) is 5.41 Å². The molecule has 0 atom stereocenters. The predicted octanol–water partition coefficient (Wildman–Crippen LogP) is 3.69. The molecule has 0 spiro atoms. The minimum Gasteiger partial charge on any atom is -0.347 e. The van der Waals surface area contributed by atoms with E-state index < -0.39 is 0 Å². The fraction of sp³-hybridized carbons (Fsp3) is 0.471. The first-order chi connectivity index (χ1) is 9.55. The summed E-state index contributed by atoms with van der Waals surface area (Å²) in [6.45, 7) is 8.88.